The van der Waals surface area contributed by atoms with Crippen LogP contribution in [0.4, 0.5) is 23.1 Å². The third-order valence-corrected chi connectivity index (χ3v) is 6.14. The lowest BCUT2D eigenvalue weighted by atomic mass is 10.0. The summed E-state index contributed by atoms with van der Waals surface area (Å²) in [7, 11) is -0.504. The first-order valence-corrected chi connectivity index (χ1v) is 13.3. The lowest BCUT2D eigenvalue weighted by molar-refractivity contribution is 0.582. The number of nitrogens with zero attached hydrogens (tertiary/aromatic N) is 5. The summed E-state index contributed by atoms with van der Waals surface area (Å²) in [5, 5.41) is 9.06. The van der Waals surface area contributed by atoms with Gasteiger partial charge in [0.1, 0.15) is 13.0 Å². The minimum Gasteiger partial charge on any atom is -0.322 e. The van der Waals surface area contributed by atoms with Crippen molar-refractivity contribution in [1.82, 2.24) is 9.97 Å². The topological polar surface area (TPSA) is 73.1 Å². The van der Waals surface area contributed by atoms with E-state index in [1.165, 1.54) is 5.56 Å². The molecule has 0 amide bonds. The molecule has 0 unspecified atom stereocenters. The number of anilines is 4. The summed E-state index contributed by atoms with van der Waals surface area (Å²) in [5.41, 5.74) is 6.77. The van der Waals surface area contributed by atoms with Crippen LogP contribution < -0.4 is 9.80 Å². The molecule has 0 saturated carbocycles. The maximum absolute atomic E-state index is 12.9. The standard InChI is InChI=1S/C25H30N5OP/c1-17-12-18(2)24(19(3)13-17)30(16-32(6,7)31)23-14-20(4)27-25(28-23)29(5)22-10-8-21(15-26)9-11-22/h8-14H,16H2,1-7H3. The fourth-order valence-corrected chi connectivity index (χ4v) is 4.86. The van der Waals surface area contributed by atoms with E-state index in [1.807, 2.05) is 37.1 Å². The molecule has 7 heteroatoms. The number of hydrogen-bond donors (Lipinski definition) is 0. The van der Waals surface area contributed by atoms with Crippen molar-refractivity contribution in [3.8, 4) is 6.07 Å². The molecule has 0 fully saturated rings. The van der Waals surface area contributed by atoms with Gasteiger partial charge in [0.05, 0.1) is 17.9 Å². The van der Waals surface area contributed by atoms with Gasteiger partial charge in [-0.05, 0) is 76.4 Å². The van der Waals surface area contributed by atoms with E-state index in [9.17, 15) is 4.57 Å². The molecule has 0 saturated heterocycles. The van der Waals surface area contributed by atoms with Gasteiger partial charge >= 0.3 is 0 Å². The highest BCUT2D eigenvalue weighted by molar-refractivity contribution is 7.62. The zero-order valence-corrected chi connectivity index (χ0v) is 20.7. The van der Waals surface area contributed by atoms with Gasteiger partial charge in [0.15, 0.2) is 0 Å². The van der Waals surface area contributed by atoms with Crippen LogP contribution in [-0.2, 0) is 4.57 Å². The fraction of sp³-hybridized carbons (Fsp3) is 0.320. The summed E-state index contributed by atoms with van der Waals surface area (Å²) >= 11 is 0. The number of hydrogen-bond acceptors (Lipinski definition) is 6. The van der Waals surface area contributed by atoms with Crippen molar-refractivity contribution in [3.05, 3.63) is 70.4 Å². The van der Waals surface area contributed by atoms with Crippen molar-refractivity contribution in [1.29, 1.82) is 5.26 Å². The van der Waals surface area contributed by atoms with Crippen molar-refractivity contribution in [3.63, 3.8) is 0 Å². The summed E-state index contributed by atoms with van der Waals surface area (Å²) in [6.45, 7) is 11.8. The van der Waals surface area contributed by atoms with Gasteiger partial charge in [-0.3, -0.25) is 0 Å². The Morgan fingerprint density at radius 1 is 0.969 bits per heavy atom. The smallest absolute Gasteiger partial charge is 0.231 e. The Morgan fingerprint density at radius 2 is 1.56 bits per heavy atom. The number of aromatic nitrogens is 2. The van der Waals surface area contributed by atoms with Gasteiger partial charge in [0.2, 0.25) is 5.95 Å². The molecular weight excluding hydrogens is 417 g/mol. The molecule has 3 aromatic rings. The molecule has 0 aliphatic rings. The maximum Gasteiger partial charge on any atom is 0.231 e. The van der Waals surface area contributed by atoms with Crippen LogP contribution in [0.2, 0.25) is 0 Å². The summed E-state index contributed by atoms with van der Waals surface area (Å²) in [6.07, 6.45) is 0.383. The quantitative estimate of drug-likeness (QED) is 0.427. The molecule has 1 heterocycles. The van der Waals surface area contributed by atoms with Gasteiger partial charge < -0.3 is 14.4 Å². The van der Waals surface area contributed by atoms with E-state index in [2.05, 4.69) is 48.9 Å². The van der Waals surface area contributed by atoms with Crippen LogP contribution in [0, 0.1) is 39.0 Å². The Morgan fingerprint density at radius 3 is 2.09 bits per heavy atom. The average molecular weight is 448 g/mol. The van der Waals surface area contributed by atoms with E-state index in [0.717, 1.165) is 28.2 Å². The van der Waals surface area contributed by atoms with E-state index in [1.54, 1.807) is 25.5 Å². The van der Waals surface area contributed by atoms with Gasteiger partial charge in [-0.15, -0.1) is 0 Å². The highest BCUT2D eigenvalue weighted by Gasteiger charge is 2.23. The zero-order chi connectivity index (χ0) is 23.6. The molecule has 0 radical (unpaired) electrons. The molecule has 0 aliphatic carbocycles. The van der Waals surface area contributed by atoms with E-state index < -0.39 is 7.14 Å². The van der Waals surface area contributed by atoms with Crippen LogP contribution in [0.15, 0.2) is 42.5 Å². The maximum atomic E-state index is 12.9. The number of aryl methyl sites for hydroxylation is 4. The van der Waals surface area contributed by atoms with E-state index in [0.29, 0.717) is 23.6 Å². The fourth-order valence-electron chi connectivity index (χ4n) is 3.90. The molecular formula is C25H30N5OP. The molecule has 0 atom stereocenters. The number of rotatable bonds is 6. The molecule has 2 aromatic carbocycles. The normalized spacial score (nSPS) is 11.2. The minimum absolute atomic E-state index is 0.383. The van der Waals surface area contributed by atoms with Crippen LogP contribution in [0.25, 0.3) is 0 Å². The van der Waals surface area contributed by atoms with E-state index in [4.69, 9.17) is 10.2 Å². The largest absolute Gasteiger partial charge is 0.322 e. The summed E-state index contributed by atoms with van der Waals surface area (Å²) in [5.74, 6) is 1.26. The van der Waals surface area contributed by atoms with Crippen molar-refractivity contribution >= 4 is 30.3 Å². The van der Waals surface area contributed by atoms with Gasteiger partial charge in [-0.2, -0.15) is 10.2 Å². The first-order valence-electron chi connectivity index (χ1n) is 10.5. The summed E-state index contributed by atoms with van der Waals surface area (Å²) in [4.78, 5) is 13.5. The highest BCUT2D eigenvalue weighted by Crippen LogP contribution is 2.43. The van der Waals surface area contributed by atoms with E-state index in [-0.39, 0.29) is 0 Å². The van der Waals surface area contributed by atoms with Crippen molar-refractivity contribution in [2.24, 2.45) is 0 Å². The zero-order valence-electron chi connectivity index (χ0n) is 19.8. The van der Waals surface area contributed by atoms with Gasteiger partial charge in [0, 0.05) is 30.2 Å². The van der Waals surface area contributed by atoms with Crippen LogP contribution in [0.5, 0.6) is 0 Å². The molecule has 0 bridgehead atoms. The highest BCUT2D eigenvalue weighted by atomic mass is 31.2. The van der Waals surface area contributed by atoms with Crippen LogP contribution in [-0.4, -0.2) is 36.6 Å². The molecule has 0 N–H and O–H groups in total. The lowest BCUT2D eigenvalue weighted by Crippen LogP contribution is -2.23. The number of benzene rings is 2. The predicted molar refractivity (Wildman–Crippen MR) is 133 cm³/mol. The van der Waals surface area contributed by atoms with Gasteiger partial charge in [0.25, 0.3) is 0 Å². The third-order valence-electron chi connectivity index (χ3n) is 5.18. The van der Waals surface area contributed by atoms with Crippen LogP contribution in [0.1, 0.15) is 27.9 Å². The second-order valence-corrected chi connectivity index (χ2v) is 12.2. The summed E-state index contributed by atoms with van der Waals surface area (Å²) in [6, 6.07) is 15.7. The Hall–Kier alpha value is -3.16. The molecule has 3 rings (SSSR count). The number of nitriles is 1. The van der Waals surface area contributed by atoms with Crippen molar-refractivity contribution in [2.45, 2.75) is 27.7 Å². The molecule has 0 spiro atoms. The predicted octanol–water partition coefficient (Wildman–Crippen LogP) is 6.07. The monoisotopic (exact) mass is 447 g/mol. The second-order valence-electron chi connectivity index (χ2n) is 8.78. The van der Waals surface area contributed by atoms with Gasteiger partial charge in [-0.25, -0.2) is 4.98 Å². The first-order chi connectivity index (χ1) is 15.0. The van der Waals surface area contributed by atoms with Crippen molar-refractivity contribution in [2.75, 3.05) is 36.5 Å². The molecule has 32 heavy (non-hydrogen) atoms. The lowest BCUT2D eigenvalue weighted by Gasteiger charge is -2.30. The van der Waals surface area contributed by atoms with Crippen molar-refractivity contribution < 1.29 is 4.57 Å². The Kier molecular flexibility index (Phi) is 6.71. The summed E-state index contributed by atoms with van der Waals surface area (Å²) < 4.78 is 12.9. The van der Waals surface area contributed by atoms with Crippen LogP contribution in [0.3, 0.4) is 0 Å². The Balaban J connectivity index is 2.13. The average Bonchev–Trinajstić information content (AvgIpc) is 2.70. The minimum atomic E-state index is -2.40. The molecule has 0 aliphatic heterocycles. The Bertz CT molecular complexity index is 1200. The SMILES string of the molecule is Cc1cc(C)c(N(CP(C)(C)=O)c2cc(C)nc(N(C)c3ccc(C#N)cc3)n2)c(C)c1. The van der Waals surface area contributed by atoms with E-state index >= 15 is 0 Å². The molecule has 166 valence electrons. The molecule has 1 aromatic heterocycles. The van der Waals surface area contributed by atoms with Crippen LogP contribution >= 0.6 is 7.14 Å². The second kappa shape index (κ2) is 9.14. The van der Waals surface area contributed by atoms with Gasteiger partial charge in [-0.1, -0.05) is 17.7 Å². The Labute approximate surface area is 190 Å². The third kappa shape index (κ3) is 5.36. The first kappa shape index (κ1) is 23.5. The molecule has 6 nitrogen and oxygen atoms in total.